The van der Waals surface area contributed by atoms with Crippen molar-refractivity contribution >= 4 is 0 Å². The quantitative estimate of drug-likeness (QED) is 0.593. The highest BCUT2D eigenvalue weighted by Gasteiger charge is 2.21. The molecule has 4 heteroatoms. The smallest absolute Gasteiger partial charge is 0.171 e. The summed E-state index contributed by atoms with van der Waals surface area (Å²) in [5.41, 5.74) is 0. The van der Waals surface area contributed by atoms with Gasteiger partial charge in [-0.3, -0.25) is 0 Å². The van der Waals surface area contributed by atoms with Crippen molar-refractivity contribution in [3.05, 3.63) is 0 Å². The summed E-state index contributed by atoms with van der Waals surface area (Å²) in [6, 6.07) is 0.794. The summed E-state index contributed by atoms with van der Waals surface area (Å²) in [7, 11) is 3.33. The van der Waals surface area contributed by atoms with Gasteiger partial charge in [-0.1, -0.05) is 0 Å². The zero-order valence-corrected chi connectivity index (χ0v) is 8.67. The maximum absolute atomic E-state index is 5.17. The summed E-state index contributed by atoms with van der Waals surface area (Å²) in [6.07, 6.45) is 1.03. The number of rotatable bonds is 5. The molecule has 78 valence electrons. The average molecular weight is 188 g/mol. The monoisotopic (exact) mass is 188 g/mol. The summed E-state index contributed by atoms with van der Waals surface area (Å²) in [5.74, 6) is 0. The molecule has 13 heavy (non-hydrogen) atoms. The topological polar surface area (TPSA) is 42.5 Å². The molecule has 0 aromatic carbocycles. The van der Waals surface area contributed by atoms with E-state index in [0.29, 0.717) is 6.04 Å². The van der Waals surface area contributed by atoms with Gasteiger partial charge in [0.2, 0.25) is 0 Å². The Morgan fingerprint density at radius 1 is 1.38 bits per heavy atom. The number of ether oxygens (including phenoxy) is 2. The first kappa shape index (κ1) is 10.9. The van der Waals surface area contributed by atoms with Crippen molar-refractivity contribution < 1.29 is 9.47 Å². The van der Waals surface area contributed by atoms with Gasteiger partial charge in [-0.2, -0.15) is 0 Å². The molecule has 0 spiro atoms. The second kappa shape index (κ2) is 5.54. The van der Waals surface area contributed by atoms with Crippen molar-refractivity contribution in [3.63, 3.8) is 0 Å². The Bertz CT molecular complexity index is 134. The van der Waals surface area contributed by atoms with E-state index in [0.717, 1.165) is 13.1 Å². The minimum atomic E-state index is -0.152. The summed E-state index contributed by atoms with van der Waals surface area (Å²) in [5, 5.41) is 6.78. The maximum atomic E-state index is 5.17. The Hall–Kier alpha value is -0.160. The van der Waals surface area contributed by atoms with Gasteiger partial charge in [-0.25, -0.2) is 0 Å². The molecular formula is C9H20N2O2. The van der Waals surface area contributed by atoms with Gasteiger partial charge in [0.1, 0.15) is 0 Å². The van der Waals surface area contributed by atoms with E-state index in [1.807, 2.05) is 0 Å². The van der Waals surface area contributed by atoms with Crippen LogP contribution in [0.5, 0.6) is 0 Å². The lowest BCUT2D eigenvalue weighted by Crippen LogP contribution is -2.45. The van der Waals surface area contributed by atoms with Crippen molar-refractivity contribution in [3.8, 4) is 0 Å². The van der Waals surface area contributed by atoms with E-state index in [1.54, 1.807) is 14.2 Å². The summed E-state index contributed by atoms with van der Waals surface area (Å²) < 4.78 is 10.3. The molecule has 1 rings (SSSR count). The molecular weight excluding hydrogens is 168 g/mol. The molecule has 0 radical (unpaired) electrons. The van der Waals surface area contributed by atoms with Crippen molar-refractivity contribution in [1.29, 1.82) is 0 Å². The lowest BCUT2D eigenvalue weighted by atomic mass is 10.2. The highest BCUT2D eigenvalue weighted by molar-refractivity contribution is 4.80. The van der Waals surface area contributed by atoms with Gasteiger partial charge in [-0.15, -0.1) is 0 Å². The van der Waals surface area contributed by atoms with Crippen molar-refractivity contribution in [2.45, 2.75) is 31.7 Å². The molecule has 0 aromatic rings. The van der Waals surface area contributed by atoms with Crippen LogP contribution >= 0.6 is 0 Å². The van der Waals surface area contributed by atoms with Crippen LogP contribution in [0.4, 0.5) is 0 Å². The fourth-order valence-corrected chi connectivity index (χ4v) is 1.75. The van der Waals surface area contributed by atoms with E-state index in [4.69, 9.17) is 9.47 Å². The van der Waals surface area contributed by atoms with Crippen LogP contribution in [0.1, 0.15) is 13.3 Å². The van der Waals surface area contributed by atoms with E-state index in [-0.39, 0.29) is 12.3 Å². The van der Waals surface area contributed by atoms with Crippen LogP contribution in [0.3, 0.4) is 0 Å². The molecule has 0 amide bonds. The van der Waals surface area contributed by atoms with Gasteiger partial charge in [-0.05, 0) is 19.9 Å². The third-order valence-electron chi connectivity index (χ3n) is 2.43. The molecule has 1 fully saturated rings. The van der Waals surface area contributed by atoms with Crippen LogP contribution in [0.15, 0.2) is 0 Å². The highest BCUT2D eigenvalue weighted by atomic mass is 16.7. The van der Waals surface area contributed by atoms with Crippen molar-refractivity contribution in [2.24, 2.45) is 0 Å². The summed E-state index contributed by atoms with van der Waals surface area (Å²) >= 11 is 0. The van der Waals surface area contributed by atoms with Gasteiger partial charge in [0.25, 0.3) is 0 Å². The highest BCUT2D eigenvalue weighted by Crippen LogP contribution is 2.03. The lowest BCUT2D eigenvalue weighted by molar-refractivity contribution is -0.120. The molecule has 4 nitrogen and oxygen atoms in total. The molecule has 1 aliphatic heterocycles. The maximum Gasteiger partial charge on any atom is 0.171 e. The Kier molecular flexibility index (Phi) is 4.66. The molecule has 2 unspecified atom stereocenters. The lowest BCUT2D eigenvalue weighted by Gasteiger charge is -2.25. The van der Waals surface area contributed by atoms with Crippen molar-refractivity contribution in [2.75, 3.05) is 27.3 Å². The Labute approximate surface area is 80.0 Å². The molecule has 0 aliphatic carbocycles. The number of hydrogen-bond donors (Lipinski definition) is 2. The third kappa shape index (κ3) is 3.23. The standard InChI is InChI=1S/C9H20N2O2/c1-7(9(12-2)13-3)11-8-4-5-10-6-8/h7-11H,4-6H2,1-3H3. The first-order chi connectivity index (χ1) is 6.27. The van der Waals surface area contributed by atoms with E-state index >= 15 is 0 Å². The first-order valence-corrected chi connectivity index (χ1v) is 4.80. The number of nitrogens with one attached hydrogen (secondary N) is 2. The predicted molar refractivity (Wildman–Crippen MR) is 51.7 cm³/mol. The van der Waals surface area contributed by atoms with Gasteiger partial charge >= 0.3 is 0 Å². The summed E-state index contributed by atoms with van der Waals surface area (Å²) in [4.78, 5) is 0. The van der Waals surface area contributed by atoms with Gasteiger partial charge in [0, 0.05) is 26.8 Å². The van der Waals surface area contributed by atoms with Gasteiger partial charge < -0.3 is 20.1 Å². The molecule has 0 saturated carbocycles. The molecule has 0 bridgehead atoms. The van der Waals surface area contributed by atoms with E-state index in [1.165, 1.54) is 6.42 Å². The van der Waals surface area contributed by atoms with Gasteiger partial charge in [0.05, 0.1) is 6.04 Å². The molecule has 1 aliphatic rings. The molecule has 0 aromatic heterocycles. The largest absolute Gasteiger partial charge is 0.354 e. The van der Waals surface area contributed by atoms with Crippen LogP contribution in [0.25, 0.3) is 0 Å². The second-order valence-corrected chi connectivity index (χ2v) is 3.48. The first-order valence-electron chi connectivity index (χ1n) is 4.80. The van der Waals surface area contributed by atoms with Crippen LogP contribution < -0.4 is 10.6 Å². The normalized spacial score (nSPS) is 25.4. The minimum Gasteiger partial charge on any atom is -0.354 e. The Morgan fingerprint density at radius 3 is 2.54 bits per heavy atom. The van der Waals surface area contributed by atoms with Crippen LogP contribution in [0, 0.1) is 0 Å². The Balaban J connectivity index is 2.25. The second-order valence-electron chi connectivity index (χ2n) is 3.48. The minimum absolute atomic E-state index is 0.152. The Morgan fingerprint density at radius 2 is 2.08 bits per heavy atom. The molecule has 1 heterocycles. The van der Waals surface area contributed by atoms with Crippen LogP contribution in [-0.4, -0.2) is 45.7 Å². The van der Waals surface area contributed by atoms with E-state index < -0.39 is 0 Å². The number of methoxy groups -OCH3 is 2. The fraction of sp³-hybridized carbons (Fsp3) is 1.00. The fourth-order valence-electron chi connectivity index (χ4n) is 1.75. The zero-order chi connectivity index (χ0) is 9.68. The average Bonchev–Trinajstić information content (AvgIpc) is 2.59. The van der Waals surface area contributed by atoms with Gasteiger partial charge in [0.15, 0.2) is 6.29 Å². The SMILES string of the molecule is COC(OC)C(C)NC1CCNC1. The summed E-state index contributed by atoms with van der Waals surface area (Å²) in [6.45, 7) is 4.23. The molecule has 1 saturated heterocycles. The van der Waals surface area contributed by atoms with Crippen LogP contribution in [0.2, 0.25) is 0 Å². The van der Waals surface area contributed by atoms with Crippen LogP contribution in [-0.2, 0) is 9.47 Å². The zero-order valence-electron chi connectivity index (χ0n) is 8.67. The molecule has 2 atom stereocenters. The third-order valence-corrected chi connectivity index (χ3v) is 2.43. The van der Waals surface area contributed by atoms with E-state index in [9.17, 15) is 0 Å². The number of hydrogen-bond acceptors (Lipinski definition) is 4. The predicted octanol–water partition coefficient (Wildman–Crippen LogP) is -0.0547. The van der Waals surface area contributed by atoms with E-state index in [2.05, 4.69) is 17.6 Å². The molecule has 2 N–H and O–H groups in total. The van der Waals surface area contributed by atoms with Crippen molar-refractivity contribution in [1.82, 2.24) is 10.6 Å².